The van der Waals surface area contributed by atoms with Crippen molar-refractivity contribution in [2.75, 3.05) is 12.4 Å². The van der Waals surface area contributed by atoms with Gasteiger partial charge in [0, 0.05) is 23.3 Å². The molecule has 2 aliphatic rings. The molecule has 3 aromatic rings. The number of methoxy groups -OCH3 is 1. The van der Waals surface area contributed by atoms with Crippen LogP contribution < -0.4 is 10.1 Å². The number of anilines is 1. The third-order valence-electron chi connectivity index (χ3n) is 5.38. The molecule has 0 spiro atoms. The molecule has 0 bridgehead atoms. The number of rotatable bonds is 3. The smallest absolute Gasteiger partial charge is 0.226 e. The standard InChI is InChI=1S/C22H20N4O3/c1-29-16-8-3-5-13(12-16)20-19-17(9-4-10-18(19)28)23-22-24-21(25-26(20)22)14-6-2-7-15(27)11-14/h2-3,5-8,11-12,20,27H,4,9-10H2,1H3,(H,23,24,25). The summed E-state index contributed by atoms with van der Waals surface area (Å²) in [7, 11) is 1.62. The summed E-state index contributed by atoms with van der Waals surface area (Å²) in [5, 5.41) is 17.8. The number of carbonyl (C=O) groups excluding carboxylic acids is 1. The molecule has 1 aliphatic heterocycles. The van der Waals surface area contributed by atoms with Gasteiger partial charge in [-0.05, 0) is 42.7 Å². The minimum absolute atomic E-state index is 0.131. The lowest BCUT2D eigenvalue weighted by atomic mass is 9.85. The number of benzene rings is 2. The first-order valence-electron chi connectivity index (χ1n) is 9.57. The molecule has 146 valence electrons. The molecule has 7 nitrogen and oxygen atoms in total. The molecule has 0 fully saturated rings. The lowest BCUT2D eigenvalue weighted by Crippen LogP contribution is -2.31. The summed E-state index contributed by atoms with van der Waals surface area (Å²) in [6.07, 6.45) is 2.16. The molecule has 2 heterocycles. The van der Waals surface area contributed by atoms with E-state index in [-0.39, 0.29) is 17.6 Å². The molecule has 0 radical (unpaired) electrons. The second kappa shape index (κ2) is 6.77. The van der Waals surface area contributed by atoms with Crippen LogP contribution in [0.5, 0.6) is 11.5 Å². The van der Waals surface area contributed by atoms with Crippen LogP contribution >= 0.6 is 0 Å². The van der Waals surface area contributed by atoms with Gasteiger partial charge in [-0.3, -0.25) is 4.79 Å². The molecule has 0 amide bonds. The van der Waals surface area contributed by atoms with Crippen molar-refractivity contribution in [2.24, 2.45) is 0 Å². The molecular formula is C22H20N4O3. The zero-order valence-electron chi connectivity index (χ0n) is 15.9. The van der Waals surface area contributed by atoms with Gasteiger partial charge in [-0.1, -0.05) is 24.3 Å². The molecule has 2 N–H and O–H groups in total. The molecular weight excluding hydrogens is 368 g/mol. The number of carbonyl (C=O) groups is 1. The Morgan fingerprint density at radius 3 is 2.86 bits per heavy atom. The van der Waals surface area contributed by atoms with Crippen LogP contribution in [-0.4, -0.2) is 32.8 Å². The number of hydrogen-bond donors (Lipinski definition) is 2. The SMILES string of the molecule is COc1cccc(C2C3=C(CCCC3=O)Nc3nc(-c4cccc(O)c4)nn32)c1. The fraction of sp³-hybridized carbons (Fsp3) is 0.227. The summed E-state index contributed by atoms with van der Waals surface area (Å²) in [5.74, 6) is 2.08. The molecule has 0 saturated carbocycles. The Balaban J connectivity index is 1.68. The van der Waals surface area contributed by atoms with E-state index in [0.717, 1.165) is 35.4 Å². The molecule has 1 unspecified atom stereocenters. The average molecular weight is 388 g/mol. The monoisotopic (exact) mass is 388 g/mol. The summed E-state index contributed by atoms with van der Waals surface area (Å²) in [5.41, 5.74) is 3.28. The van der Waals surface area contributed by atoms with Crippen molar-refractivity contribution in [2.45, 2.75) is 25.3 Å². The number of aromatic hydroxyl groups is 1. The molecule has 1 atom stereocenters. The van der Waals surface area contributed by atoms with E-state index >= 15 is 0 Å². The van der Waals surface area contributed by atoms with Gasteiger partial charge in [0.05, 0.1) is 7.11 Å². The number of ether oxygens (including phenoxy) is 1. The molecule has 7 heteroatoms. The largest absolute Gasteiger partial charge is 0.508 e. The zero-order chi connectivity index (χ0) is 20.0. The van der Waals surface area contributed by atoms with Crippen molar-refractivity contribution in [1.82, 2.24) is 14.8 Å². The minimum atomic E-state index is -0.372. The number of phenolic OH excluding ortho intramolecular Hbond substituents is 1. The van der Waals surface area contributed by atoms with Gasteiger partial charge >= 0.3 is 0 Å². The van der Waals surface area contributed by atoms with Gasteiger partial charge in [-0.25, -0.2) is 4.68 Å². The van der Waals surface area contributed by atoms with Gasteiger partial charge in [0.15, 0.2) is 11.6 Å². The van der Waals surface area contributed by atoms with Crippen LogP contribution in [0.15, 0.2) is 59.8 Å². The van der Waals surface area contributed by atoms with Crippen LogP contribution in [0.2, 0.25) is 0 Å². The first-order chi connectivity index (χ1) is 14.1. The van der Waals surface area contributed by atoms with Crippen molar-refractivity contribution in [3.63, 3.8) is 0 Å². The highest BCUT2D eigenvalue weighted by atomic mass is 16.5. The number of fused-ring (bicyclic) bond motifs is 1. The highest BCUT2D eigenvalue weighted by Crippen LogP contribution is 2.41. The normalized spacial score (nSPS) is 18.1. The van der Waals surface area contributed by atoms with Crippen LogP contribution in [0.1, 0.15) is 30.9 Å². The number of ketones is 1. The average Bonchev–Trinajstić information content (AvgIpc) is 3.16. The van der Waals surface area contributed by atoms with E-state index in [2.05, 4.69) is 10.3 Å². The van der Waals surface area contributed by atoms with E-state index in [1.165, 1.54) is 0 Å². The third kappa shape index (κ3) is 2.95. The van der Waals surface area contributed by atoms with Gasteiger partial charge in [0.2, 0.25) is 5.95 Å². The van der Waals surface area contributed by atoms with Gasteiger partial charge in [0.1, 0.15) is 17.5 Å². The fourth-order valence-corrected chi connectivity index (χ4v) is 4.04. The highest BCUT2D eigenvalue weighted by molar-refractivity contribution is 5.99. The number of phenols is 1. The maximum Gasteiger partial charge on any atom is 0.226 e. The van der Waals surface area contributed by atoms with E-state index in [0.29, 0.717) is 23.8 Å². The Kier molecular flexibility index (Phi) is 4.08. The Morgan fingerprint density at radius 1 is 1.17 bits per heavy atom. The summed E-state index contributed by atoms with van der Waals surface area (Å²) in [4.78, 5) is 17.5. The number of hydrogen-bond acceptors (Lipinski definition) is 6. The Morgan fingerprint density at radius 2 is 2.03 bits per heavy atom. The quantitative estimate of drug-likeness (QED) is 0.711. The summed E-state index contributed by atoms with van der Waals surface area (Å²) in [6, 6.07) is 14.2. The second-order valence-corrected chi connectivity index (χ2v) is 7.23. The zero-order valence-corrected chi connectivity index (χ0v) is 15.9. The van der Waals surface area contributed by atoms with Crippen LogP contribution in [0.4, 0.5) is 5.95 Å². The van der Waals surface area contributed by atoms with E-state index in [1.54, 1.807) is 30.0 Å². The Hall–Kier alpha value is -3.61. The maximum atomic E-state index is 12.9. The molecule has 2 aromatic carbocycles. The Bertz CT molecular complexity index is 1150. The highest BCUT2D eigenvalue weighted by Gasteiger charge is 2.37. The minimum Gasteiger partial charge on any atom is -0.508 e. The van der Waals surface area contributed by atoms with Gasteiger partial charge in [0.25, 0.3) is 0 Å². The lowest BCUT2D eigenvalue weighted by Gasteiger charge is -2.32. The topological polar surface area (TPSA) is 89.3 Å². The predicted molar refractivity (Wildman–Crippen MR) is 108 cm³/mol. The fourth-order valence-electron chi connectivity index (χ4n) is 4.04. The lowest BCUT2D eigenvalue weighted by molar-refractivity contribution is -0.116. The third-order valence-corrected chi connectivity index (χ3v) is 5.38. The first-order valence-corrected chi connectivity index (χ1v) is 9.57. The first kappa shape index (κ1) is 17.5. The van der Waals surface area contributed by atoms with Crippen LogP contribution in [0, 0.1) is 0 Å². The molecule has 1 aromatic heterocycles. The summed E-state index contributed by atoms with van der Waals surface area (Å²) >= 11 is 0. The molecule has 5 rings (SSSR count). The van der Waals surface area contributed by atoms with Crippen molar-refractivity contribution < 1.29 is 14.6 Å². The van der Waals surface area contributed by atoms with Crippen molar-refractivity contribution in [3.8, 4) is 22.9 Å². The van der Waals surface area contributed by atoms with Gasteiger partial charge in [-0.2, -0.15) is 4.98 Å². The summed E-state index contributed by atoms with van der Waals surface area (Å²) < 4.78 is 7.15. The van der Waals surface area contributed by atoms with Crippen LogP contribution in [0.3, 0.4) is 0 Å². The van der Waals surface area contributed by atoms with E-state index in [4.69, 9.17) is 9.84 Å². The van der Waals surface area contributed by atoms with Gasteiger partial charge in [-0.15, -0.1) is 5.10 Å². The second-order valence-electron chi connectivity index (χ2n) is 7.23. The van der Waals surface area contributed by atoms with E-state index in [1.807, 2.05) is 30.3 Å². The van der Waals surface area contributed by atoms with Crippen LogP contribution in [-0.2, 0) is 4.79 Å². The maximum absolute atomic E-state index is 12.9. The van der Waals surface area contributed by atoms with E-state index < -0.39 is 0 Å². The summed E-state index contributed by atoms with van der Waals surface area (Å²) in [6.45, 7) is 0. The van der Waals surface area contributed by atoms with Crippen molar-refractivity contribution in [3.05, 3.63) is 65.4 Å². The van der Waals surface area contributed by atoms with Crippen molar-refractivity contribution >= 4 is 11.7 Å². The van der Waals surface area contributed by atoms with Crippen LogP contribution in [0.25, 0.3) is 11.4 Å². The number of nitrogens with zero attached hydrogens (tertiary/aromatic N) is 3. The number of Topliss-reactive ketones (excluding diaryl/α,β-unsaturated/α-hetero) is 1. The number of aromatic nitrogens is 3. The van der Waals surface area contributed by atoms with Crippen molar-refractivity contribution in [1.29, 1.82) is 0 Å². The van der Waals surface area contributed by atoms with E-state index in [9.17, 15) is 9.90 Å². The number of nitrogens with one attached hydrogen (secondary N) is 1. The van der Waals surface area contributed by atoms with Gasteiger partial charge < -0.3 is 15.2 Å². The number of allylic oxidation sites excluding steroid dienone is 2. The molecule has 0 saturated heterocycles. The molecule has 29 heavy (non-hydrogen) atoms. The predicted octanol–water partition coefficient (Wildman–Crippen LogP) is 3.68. The molecule has 1 aliphatic carbocycles. The Labute approximate surface area is 167 Å².